The predicted octanol–water partition coefficient (Wildman–Crippen LogP) is 3.20. The Morgan fingerprint density at radius 3 is 2.50 bits per heavy atom. The Kier molecular flexibility index (Phi) is 5.29. The maximum Gasteiger partial charge on any atom is 0.271 e. The molecule has 1 aliphatic rings. The molecule has 8 heteroatoms. The molecular formula is C20H18ClFN4O2. The number of aryl methyl sites for hydroxylation is 2. The van der Waals surface area contributed by atoms with Gasteiger partial charge >= 0.3 is 0 Å². The summed E-state index contributed by atoms with van der Waals surface area (Å²) in [5.41, 5.74) is 0.496. The number of pyridine rings is 1. The first-order valence-corrected chi connectivity index (χ1v) is 8.85. The van der Waals surface area contributed by atoms with Crippen LogP contribution in [0.25, 0.3) is 0 Å². The van der Waals surface area contributed by atoms with E-state index in [9.17, 15) is 14.0 Å². The van der Waals surface area contributed by atoms with Crippen LogP contribution >= 0.6 is 11.6 Å². The largest absolute Gasteiger partial charge is 0.324 e. The number of hydrogen-bond donors (Lipinski definition) is 1. The molecule has 4 rings (SSSR count). The van der Waals surface area contributed by atoms with Crippen molar-refractivity contribution in [3.05, 3.63) is 92.6 Å². The van der Waals surface area contributed by atoms with Gasteiger partial charge in [0, 0.05) is 23.0 Å². The first-order valence-electron chi connectivity index (χ1n) is 8.48. The number of fused-ring (bicyclic) bond motifs is 1. The molecule has 1 aromatic carbocycles. The third kappa shape index (κ3) is 3.53. The first-order chi connectivity index (χ1) is 13.2. The molecule has 1 N–H and O–H groups in total. The van der Waals surface area contributed by atoms with Crippen molar-refractivity contribution in [2.24, 2.45) is 0 Å². The third-order valence-corrected chi connectivity index (χ3v) is 4.76. The standard InChI is InChI=1S/C15H12ClFN2O2.C5H6N2/c1-8-6-11(16)12-13(20)18-15(2,19(12)14(8)21)9-4-3-5-10(17)7-9;1-5-2-3-6-4-7-5/h3-7H,1-2H3,(H,18,20);2-4H,1H3. The van der Waals surface area contributed by atoms with E-state index < -0.39 is 17.4 Å². The van der Waals surface area contributed by atoms with Crippen molar-refractivity contribution in [2.75, 3.05) is 0 Å². The van der Waals surface area contributed by atoms with E-state index in [4.69, 9.17) is 11.6 Å². The van der Waals surface area contributed by atoms with Gasteiger partial charge in [-0.3, -0.25) is 14.2 Å². The molecule has 0 fully saturated rings. The Morgan fingerprint density at radius 2 is 1.93 bits per heavy atom. The van der Waals surface area contributed by atoms with E-state index >= 15 is 0 Å². The van der Waals surface area contributed by atoms with Crippen molar-refractivity contribution >= 4 is 17.5 Å². The second-order valence-corrected chi connectivity index (χ2v) is 6.96. The molecule has 1 atom stereocenters. The second-order valence-electron chi connectivity index (χ2n) is 6.55. The van der Waals surface area contributed by atoms with Crippen molar-refractivity contribution in [1.29, 1.82) is 0 Å². The number of carbonyl (C=O) groups excluding carboxylic acids is 1. The van der Waals surface area contributed by atoms with E-state index in [-0.39, 0.29) is 16.3 Å². The fourth-order valence-corrected chi connectivity index (χ4v) is 3.36. The van der Waals surface area contributed by atoms with Crippen molar-refractivity contribution in [2.45, 2.75) is 26.4 Å². The summed E-state index contributed by atoms with van der Waals surface area (Å²) in [6.45, 7) is 5.20. The number of nitrogens with one attached hydrogen (secondary N) is 1. The van der Waals surface area contributed by atoms with Crippen molar-refractivity contribution in [3.8, 4) is 0 Å². The number of benzene rings is 1. The molecule has 2 aromatic heterocycles. The lowest BCUT2D eigenvalue weighted by Crippen LogP contribution is -2.46. The molecule has 6 nitrogen and oxygen atoms in total. The molecule has 0 spiro atoms. The summed E-state index contributed by atoms with van der Waals surface area (Å²) < 4.78 is 14.8. The molecule has 0 bridgehead atoms. The molecule has 3 heterocycles. The number of carbonyl (C=O) groups is 1. The third-order valence-electron chi connectivity index (χ3n) is 4.47. The van der Waals surface area contributed by atoms with Gasteiger partial charge in [0.15, 0.2) is 0 Å². The van der Waals surface area contributed by atoms with Crippen LogP contribution in [0.15, 0.2) is 53.7 Å². The van der Waals surface area contributed by atoms with Gasteiger partial charge in [0.25, 0.3) is 11.5 Å². The summed E-state index contributed by atoms with van der Waals surface area (Å²) >= 11 is 6.09. The molecule has 0 saturated carbocycles. The highest BCUT2D eigenvalue weighted by molar-refractivity contribution is 6.33. The van der Waals surface area contributed by atoms with Crippen LogP contribution in [-0.2, 0) is 5.66 Å². The normalized spacial score (nSPS) is 17.4. The molecule has 1 unspecified atom stereocenters. The van der Waals surface area contributed by atoms with Crippen molar-refractivity contribution in [1.82, 2.24) is 19.9 Å². The first kappa shape index (κ1) is 19.7. The molecule has 1 amide bonds. The van der Waals surface area contributed by atoms with E-state index in [0.717, 1.165) is 5.69 Å². The highest BCUT2D eigenvalue weighted by Gasteiger charge is 2.42. The number of halogens is 2. The van der Waals surface area contributed by atoms with E-state index in [2.05, 4.69) is 15.3 Å². The summed E-state index contributed by atoms with van der Waals surface area (Å²) in [6.07, 6.45) is 3.26. The van der Waals surface area contributed by atoms with Gasteiger partial charge in [-0.05, 0) is 45.0 Å². The molecule has 0 saturated heterocycles. The lowest BCUT2D eigenvalue weighted by atomic mass is 10.0. The fourth-order valence-electron chi connectivity index (χ4n) is 3.03. The Morgan fingerprint density at radius 1 is 1.18 bits per heavy atom. The molecule has 1 aliphatic heterocycles. The maximum atomic E-state index is 13.5. The molecule has 144 valence electrons. The topological polar surface area (TPSA) is 76.9 Å². The number of hydrogen-bond acceptors (Lipinski definition) is 4. The Hall–Kier alpha value is -3.06. The SMILES string of the molecule is Cc1cc(Cl)c2n(c1=O)C(C)(c1cccc(F)c1)NC2=O.Cc1ccncn1. The summed E-state index contributed by atoms with van der Waals surface area (Å²) in [4.78, 5) is 32.2. The predicted molar refractivity (Wildman–Crippen MR) is 104 cm³/mol. The molecular weight excluding hydrogens is 383 g/mol. The smallest absolute Gasteiger partial charge is 0.271 e. The van der Waals surface area contributed by atoms with Gasteiger partial charge in [0.1, 0.15) is 23.5 Å². The fraction of sp³-hybridized carbons (Fsp3) is 0.200. The van der Waals surface area contributed by atoms with Crippen LogP contribution in [0.2, 0.25) is 5.02 Å². The van der Waals surface area contributed by atoms with E-state index in [1.54, 1.807) is 26.1 Å². The lowest BCUT2D eigenvalue weighted by Gasteiger charge is -2.28. The zero-order valence-corrected chi connectivity index (χ0v) is 16.3. The average molecular weight is 401 g/mol. The van der Waals surface area contributed by atoms with E-state index in [1.807, 2.05) is 13.0 Å². The Labute approximate surface area is 166 Å². The van der Waals surface area contributed by atoms with Gasteiger partial charge in [-0.25, -0.2) is 14.4 Å². The van der Waals surface area contributed by atoms with Gasteiger partial charge in [0.05, 0.1) is 5.02 Å². The van der Waals surface area contributed by atoms with Crippen LogP contribution in [0.5, 0.6) is 0 Å². The molecule has 28 heavy (non-hydrogen) atoms. The number of nitrogens with zero attached hydrogens (tertiary/aromatic N) is 3. The average Bonchev–Trinajstić information content (AvgIpc) is 2.93. The van der Waals surface area contributed by atoms with Crippen molar-refractivity contribution < 1.29 is 9.18 Å². The van der Waals surface area contributed by atoms with E-state index in [1.165, 1.54) is 35.2 Å². The zero-order chi connectivity index (χ0) is 20.5. The number of rotatable bonds is 1. The monoisotopic (exact) mass is 400 g/mol. The summed E-state index contributed by atoms with van der Waals surface area (Å²) in [6, 6.07) is 9.10. The quantitative estimate of drug-likeness (QED) is 0.680. The van der Waals surface area contributed by atoms with Gasteiger partial charge in [-0.15, -0.1) is 0 Å². The highest BCUT2D eigenvalue weighted by atomic mass is 35.5. The molecule has 3 aromatic rings. The molecule has 0 radical (unpaired) electrons. The summed E-state index contributed by atoms with van der Waals surface area (Å²) in [5, 5.41) is 2.92. The van der Waals surface area contributed by atoms with Crippen LogP contribution in [0.4, 0.5) is 4.39 Å². The van der Waals surface area contributed by atoms with Gasteiger partial charge in [0.2, 0.25) is 0 Å². The van der Waals surface area contributed by atoms with Gasteiger partial charge in [-0.1, -0.05) is 23.7 Å². The lowest BCUT2D eigenvalue weighted by molar-refractivity contribution is 0.0941. The maximum absolute atomic E-state index is 13.5. The summed E-state index contributed by atoms with van der Waals surface area (Å²) in [7, 11) is 0. The van der Waals surface area contributed by atoms with Crippen LogP contribution < -0.4 is 10.9 Å². The minimum atomic E-state index is -1.17. The molecule has 0 aliphatic carbocycles. The van der Waals surface area contributed by atoms with Crippen LogP contribution in [0.1, 0.15) is 34.2 Å². The van der Waals surface area contributed by atoms with Crippen LogP contribution in [0.3, 0.4) is 0 Å². The Bertz CT molecular complexity index is 1100. The second kappa shape index (κ2) is 7.52. The minimum Gasteiger partial charge on any atom is -0.324 e. The highest BCUT2D eigenvalue weighted by Crippen LogP contribution is 2.32. The zero-order valence-electron chi connectivity index (χ0n) is 15.5. The van der Waals surface area contributed by atoms with Crippen molar-refractivity contribution in [3.63, 3.8) is 0 Å². The van der Waals surface area contributed by atoms with Crippen LogP contribution in [-0.4, -0.2) is 20.4 Å². The van der Waals surface area contributed by atoms with E-state index in [0.29, 0.717) is 11.1 Å². The summed E-state index contributed by atoms with van der Waals surface area (Å²) in [5.74, 6) is -0.896. The van der Waals surface area contributed by atoms with Gasteiger partial charge in [-0.2, -0.15) is 0 Å². The van der Waals surface area contributed by atoms with Gasteiger partial charge < -0.3 is 5.32 Å². The number of aromatic nitrogens is 3. The number of amides is 1. The Balaban J connectivity index is 0.000000271. The van der Waals surface area contributed by atoms with Crippen LogP contribution in [0, 0.1) is 19.7 Å². The minimum absolute atomic E-state index is 0.0963.